The minimum absolute atomic E-state index is 0.147. The summed E-state index contributed by atoms with van der Waals surface area (Å²) in [5.74, 6) is 2.38. The van der Waals surface area contributed by atoms with Crippen molar-refractivity contribution in [1.29, 1.82) is 0 Å². The predicted octanol–water partition coefficient (Wildman–Crippen LogP) is 4.05. The summed E-state index contributed by atoms with van der Waals surface area (Å²) in [6, 6.07) is 18.8. The summed E-state index contributed by atoms with van der Waals surface area (Å²) in [4.78, 5) is 23.4. The molecule has 1 aliphatic heterocycles. The number of aromatic amines is 1. The van der Waals surface area contributed by atoms with E-state index in [4.69, 9.17) is 4.98 Å². The maximum Gasteiger partial charge on any atom is 0.224 e. The molecule has 1 amide bonds. The van der Waals surface area contributed by atoms with Gasteiger partial charge in [-0.15, -0.1) is 0 Å². The minimum atomic E-state index is 0.147. The second kappa shape index (κ2) is 8.23. The van der Waals surface area contributed by atoms with Gasteiger partial charge in [-0.05, 0) is 62.9 Å². The fraction of sp³-hybridized carbons (Fsp3) is 0.440. The van der Waals surface area contributed by atoms with E-state index < -0.39 is 0 Å². The number of imidazole rings is 1. The first kappa shape index (κ1) is 19.3. The van der Waals surface area contributed by atoms with E-state index in [2.05, 4.69) is 58.5 Å². The van der Waals surface area contributed by atoms with E-state index in [9.17, 15) is 4.79 Å². The summed E-state index contributed by atoms with van der Waals surface area (Å²) in [6.07, 6.45) is 3.20. The average molecular weight is 403 g/mol. The molecule has 156 valence electrons. The number of amides is 1. The van der Waals surface area contributed by atoms with Crippen LogP contribution in [0.15, 0.2) is 54.6 Å². The van der Waals surface area contributed by atoms with E-state index in [-0.39, 0.29) is 17.9 Å². The second-order valence-corrected chi connectivity index (χ2v) is 8.98. The molecular formula is C25H30N4O. The number of rotatable bonds is 6. The first-order valence-corrected chi connectivity index (χ1v) is 11.2. The molecule has 2 fully saturated rings. The summed E-state index contributed by atoms with van der Waals surface area (Å²) in [6.45, 7) is 5.15. The van der Waals surface area contributed by atoms with Gasteiger partial charge in [0.25, 0.3) is 0 Å². The van der Waals surface area contributed by atoms with Crippen LogP contribution in [-0.4, -0.2) is 46.5 Å². The van der Waals surface area contributed by atoms with Crippen LogP contribution in [0.5, 0.6) is 0 Å². The molecule has 2 aromatic carbocycles. The molecule has 5 rings (SSSR count). The van der Waals surface area contributed by atoms with Crippen molar-refractivity contribution in [3.63, 3.8) is 0 Å². The number of piperidine rings is 1. The molecule has 30 heavy (non-hydrogen) atoms. The molecule has 0 spiro atoms. The highest BCUT2D eigenvalue weighted by atomic mass is 16.2. The Hall–Kier alpha value is -2.66. The van der Waals surface area contributed by atoms with Gasteiger partial charge in [-0.1, -0.05) is 42.5 Å². The molecule has 0 radical (unpaired) electrons. The number of H-pyrrole nitrogens is 1. The third-order valence-corrected chi connectivity index (χ3v) is 6.66. The Morgan fingerprint density at radius 1 is 1.13 bits per heavy atom. The average Bonchev–Trinajstić information content (AvgIpc) is 3.46. The van der Waals surface area contributed by atoms with Crippen molar-refractivity contribution in [3.05, 3.63) is 66.0 Å². The molecule has 3 aromatic rings. The lowest BCUT2D eigenvalue weighted by Gasteiger charge is -2.33. The van der Waals surface area contributed by atoms with Gasteiger partial charge in [0.15, 0.2) is 0 Å². The van der Waals surface area contributed by atoms with E-state index in [0.29, 0.717) is 11.8 Å². The monoisotopic (exact) mass is 402 g/mol. The van der Waals surface area contributed by atoms with Crippen LogP contribution < -0.4 is 5.32 Å². The van der Waals surface area contributed by atoms with Crippen LogP contribution in [0.1, 0.15) is 49.4 Å². The lowest BCUT2D eigenvalue weighted by molar-refractivity contribution is -0.123. The molecule has 1 aromatic heterocycles. The van der Waals surface area contributed by atoms with Gasteiger partial charge in [-0.25, -0.2) is 4.98 Å². The van der Waals surface area contributed by atoms with Crippen LogP contribution in [0.2, 0.25) is 0 Å². The van der Waals surface area contributed by atoms with Crippen LogP contribution in [0.25, 0.3) is 11.0 Å². The highest BCUT2D eigenvalue weighted by Gasteiger charge is 2.44. The van der Waals surface area contributed by atoms with Gasteiger partial charge in [0.2, 0.25) is 5.91 Å². The quantitative estimate of drug-likeness (QED) is 0.654. The number of nitrogens with one attached hydrogen (secondary N) is 2. The van der Waals surface area contributed by atoms with Crippen molar-refractivity contribution in [2.45, 2.75) is 44.1 Å². The van der Waals surface area contributed by atoms with Crippen LogP contribution in [0, 0.1) is 5.92 Å². The molecule has 3 atom stereocenters. The molecule has 1 saturated carbocycles. The fourth-order valence-corrected chi connectivity index (χ4v) is 4.89. The zero-order valence-electron chi connectivity index (χ0n) is 17.6. The Bertz CT molecular complexity index is 973. The highest BCUT2D eigenvalue weighted by molar-refractivity contribution is 5.83. The maximum absolute atomic E-state index is 12.6. The van der Waals surface area contributed by atoms with Crippen LogP contribution in [0.4, 0.5) is 0 Å². The van der Waals surface area contributed by atoms with Crippen LogP contribution in [0.3, 0.4) is 0 Å². The number of carbonyl (C=O) groups is 1. The second-order valence-electron chi connectivity index (χ2n) is 8.98. The summed E-state index contributed by atoms with van der Waals surface area (Å²) in [7, 11) is 0. The first-order valence-electron chi connectivity index (χ1n) is 11.2. The Labute approximate surface area is 177 Å². The Morgan fingerprint density at radius 3 is 2.63 bits per heavy atom. The van der Waals surface area contributed by atoms with Gasteiger partial charge in [0.05, 0.1) is 11.0 Å². The summed E-state index contributed by atoms with van der Waals surface area (Å²) >= 11 is 0. The topological polar surface area (TPSA) is 61.0 Å². The summed E-state index contributed by atoms with van der Waals surface area (Å²) in [5, 5.41) is 3.25. The summed E-state index contributed by atoms with van der Waals surface area (Å²) < 4.78 is 0. The molecular weight excluding hydrogens is 372 g/mol. The molecule has 5 heteroatoms. The van der Waals surface area contributed by atoms with Gasteiger partial charge in [0.1, 0.15) is 5.82 Å². The highest BCUT2D eigenvalue weighted by Crippen LogP contribution is 2.47. The number of benzene rings is 2. The number of aromatic nitrogens is 2. The number of para-hydroxylation sites is 2. The lowest BCUT2D eigenvalue weighted by atomic mass is 9.96. The lowest BCUT2D eigenvalue weighted by Crippen LogP contribution is -2.45. The zero-order valence-corrected chi connectivity index (χ0v) is 17.6. The van der Waals surface area contributed by atoms with Gasteiger partial charge in [-0.3, -0.25) is 4.79 Å². The Kier molecular flexibility index (Phi) is 5.30. The van der Waals surface area contributed by atoms with Gasteiger partial charge in [0, 0.05) is 24.4 Å². The van der Waals surface area contributed by atoms with E-state index in [0.717, 1.165) is 55.8 Å². The molecule has 2 aliphatic rings. The molecule has 2 N–H and O–H groups in total. The normalized spacial score (nSPS) is 23.4. The molecule has 1 saturated heterocycles. The van der Waals surface area contributed by atoms with Crippen molar-refractivity contribution >= 4 is 16.9 Å². The molecule has 2 heterocycles. The number of fused-ring (bicyclic) bond motifs is 1. The van der Waals surface area contributed by atoms with Crippen molar-refractivity contribution in [2.75, 3.05) is 19.6 Å². The van der Waals surface area contributed by atoms with E-state index in [1.165, 1.54) is 5.56 Å². The van der Waals surface area contributed by atoms with Gasteiger partial charge < -0.3 is 15.2 Å². The van der Waals surface area contributed by atoms with Crippen molar-refractivity contribution in [3.8, 4) is 0 Å². The zero-order chi connectivity index (χ0) is 20.5. The van der Waals surface area contributed by atoms with Crippen molar-refractivity contribution < 1.29 is 4.79 Å². The molecule has 0 bridgehead atoms. The smallest absolute Gasteiger partial charge is 0.224 e. The van der Waals surface area contributed by atoms with Crippen LogP contribution >= 0.6 is 0 Å². The standard InChI is InChI=1S/C25H30N4O/c1-17(26-25(30)21-15-20(21)18-7-3-2-4-8-18)16-29-13-11-19(12-14-29)24-27-22-9-5-6-10-23(22)28-24/h2-10,17,19-21H,11-16H2,1H3,(H,26,30)(H,27,28)/t17-,20?,21?/m0/s1. The number of hydrogen-bond acceptors (Lipinski definition) is 3. The largest absolute Gasteiger partial charge is 0.352 e. The first-order chi connectivity index (χ1) is 14.7. The van der Waals surface area contributed by atoms with Gasteiger partial charge in [-0.2, -0.15) is 0 Å². The van der Waals surface area contributed by atoms with Crippen LogP contribution in [-0.2, 0) is 4.79 Å². The third kappa shape index (κ3) is 4.12. The van der Waals surface area contributed by atoms with E-state index in [1.54, 1.807) is 0 Å². The maximum atomic E-state index is 12.6. The van der Waals surface area contributed by atoms with E-state index in [1.807, 2.05) is 18.2 Å². The number of likely N-dealkylation sites (tertiary alicyclic amines) is 1. The van der Waals surface area contributed by atoms with E-state index >= 15 is 0 Å². The summed E-state index contributed by atoms with van der Waals surface area (Å²) in [5.41, 5.74) is 3.47. The molecule has 2 unspecified atom stereocenters. The number of nitrogens with zero attached hydrogens (tertiary/aromatic N) is 2. The Balaban J connectivity index is 1.08. The third-order valence-electron chi connectivity index (χ3n) is 6.66. The Morgan fingerprint density at radius 2 is 1.87 bits per heavy atom. The van der Waals surface area contributed by atoms with Crippen molar-refractivity contribution in [2.24, 2.45) is 5.92 Å². The predicted molar refractivity (Wildman–Crippen MR) is 119 cm³/mol. The van der Waals surface area contributed by atoms with Gasteiger partial charge >= 0.3 is 0 Å². The molecule has 5 nitrogen and oxygen atoms in total. The fourth-order valence-electron chi connectivity index (χ4n) is 4.89. The molecule has 1 aliphatic carbocycles. The number of hydrogen-bond donors (Lipinski definition) is 2. The van der Waals surface area contributed by atoms with Crippen molar-refractivity contribution in [1.82, 2.24) is 20.2 Å². The SMILES string of the molecule is C[C@@H](CN1CCC(c2nc3ccccc3[nH]2)CC1)NC(=O)C1CC1c1ccccc1. The minimum Gasteiger partial charge on any atom is -0.352 e. The number of carbonyl (C=O) groups excluding carboxylic acids is 1.